The number of rotatable bonds is 9. The van der Waals surface area contributed by atoms with Crippen molar-refractivity contribution in [2.75, 3.05) is 26.4 Å². The van der Waals surface area contributed by atoms with Crippen molar-refractivity contribution in [1.82, 2.24) is 4.90 Å². The van der Waals surface area contributed by atoms with E-state index in [9.17, 15) is 14.7 Å². The second-order valence-electron chi connectivity index (χ2n) is 8.85. The van der Waals surface area contributed by atoms with Crippen LogP contribution in [0.4, 0.5) is 0 Å². The van der Waals surface area contributed by atoms with Crippen molar-refractivity contribution in [3.05, 3.63) is 77.3 Å². The Balaban J connectivity index is 1.63. The summed E-state index contributed by atoms with van der Waals surface area (Å²) >= 11 is 0. The van der Waals surface area contributed by atoms with Gasteiger partial charge in [-0.15, -0.1) is 0 Å². The molecular formula is C29H29NO8. The molecule has 0 radical (unpaired) electrons. The molecule has 1 amide bonds. The summed E-state index contributed by atoms with van der Waals surface area (Å²) in [5.41, 5.74) is 0.883. The fourth-order valence-electron chi connectivity index (χ4n) is 4.60. The fourth-order valence-corrected chi connectivity index (χ4v) is 4.60. The van der Waals surface area contributed by atoms with Crippen LogP contribution in [0.15, 0.2) is 64.8 Å². The lowest BCUT2D eigenvalue weighted by Gasteiger charge is -2.25. The van der Waals surface area contributed by atoms with Crippen LogP contribution in [0, 0.1) is 0 Å². The van der Waals surface area contributed by atoms with Crippen LogP contribution in [-0.4, -0.2) is 48.1 Å². The van der Waals surface area contributed by atoms with E-state index in [0.717, 1.165) is 6.42 Å². The first-order valence-electron chi connectivity index (χ1n) is 12.6. The van der Waals surface area contributed by atoms with Crippen LogP contribution in [0.5, 0.6) is 23.0 Å². The SMILES string of the molecule is CCCOc1ccc([C@H]2C(=C(O)c3ccc4c(c3)OCCO4)C(=O)C(=O)N2Cc2ccco2)cc1OCC. The molecule has 1 saturated heterocycles. The number of furan rings is 1. The zero-order valence-corrected chi connectivity index (χ0v) is 21.3. The van der Waals surface area contributed by atoms with Gasteiger partial charge in [-0.3, -0.25) is 9.59 Å². The lowest BCUT2D eigenvalue weighted by atomic mass is 9.94. The highest BCUT2D eigenvalue weighted by molar-refractivity contribution is 6.46. The van der Waals surface area contributed by atoms with Crippen LogP contribution in [0.2, 0.25) is 0 Å². The lowest BCUT2D eigenvalue weighted by Crippen LogP contribution is -2.29. The summed E-state index contributed by atoms with van der Waals surface area (Å²) in [4.78, 5) is 28.1. The average molecular weight is 520 g/mol. The molecule has 2 aliphatic rings. The molecule has 198 valence electrons. The van der Waals surface area contributed by atoms with Crippen molar-refractivity contribution in [1.29, 1.82) is 0 Å². The number of hydrogen-bond acceptors (Lipinski definition) is 8. The van der Waals surface area contributed by atoms with E-state index in [-0.39, 0.29) is 17.9 Å². The highest BCUT2D eigenvalue weighted by Crippen LogP contribution is 2.43. The Morgan fingerprint density at radius 2 is 1.82 bits per heavy atom. The second-order valence-corrected chi connectivity index (χ2v) is 8.85. The number of ketones is 1. The summed E-state index contributed by atoms with van der Waals surface area (Å²) < 4.78 is 28.4. The number of carbonyl (C=O) groups is 2. The predicted octanol–water partition coefficient (Wildman–Crippen LogP) is 4.86. The maximum Gasteiger partial charge on any atom is 0.296 e. The molecule has 38 heavy (non-hydrogen) atoms. The molecule has 0 unspecified atom stereocenters. The third-order valence-corrected chi connectivity index (χ3v) is 6.31. The molecule has 1 aromatic heterocycles. The van der Waals surface area contributed by atoms with E-state index in [0.29, 0.717) is 66.3 Å². The maximum atomic E-state index is 13.4. The van der Waals surface area contributed by atoms with Crippen molar-refractivity contribution < 1.29 is 38.1 Å². The van der Waals surface area contributed by atoms with Crippen molar-refractivity contribution in [3.63, 3.8) is 0 Å². The summed E-state index contributed by atoms with van der Waals surface area (Å²) in [6.07, 6.45) is 2.33. The Bertz CT molecular complexity index is 1360. The lowest BCUT2D eigenvalue weighted by molar-refractivity contribution is -0.140. The number of Topliss-reactive ketones (excluding diaryl/α,β-unsaturated/α-hetero) is 1. The molecule has 0 bridgehead atoms. The molecule has 0 spiro atoms. The third kappa shape index (κ3) is 4.79. The van der Waals surface area contributed by atoms with Crippen molar-refractivity contribution >= 4 is 17.4 Å². The van der Waals surface area contributed by atoms with Gasteiger partial charge in [-0.1, -0.05) is 13.0 Å². The number of likely N-dealkylation sites (tertiary alicyclic amines) is 1. The zero-order valence-electron chi connectivity index (χ0n) is 21.3. The van der Waals surface area contributed by atoms with Gasteiger partial charge in [0, 0.05) is 5.56 Å². The molecule has 1 N–H and O–H groups in total. The molecule has 9 nitrogen and oxygen atoms in total. The largest absolute Gasteiger partial charge is 0.507 e. The minimum atomic E-state index is -0.896. The van der Waals surface area contributed by atoms with Gasteiger partial charge in [0.1, 0.15) is 24.7 Å². The van der Waals surface area contributed by atoms with E-state index in [1.807, 2.05) is 13.8 Å². The fraction of sp³-hybridized carbons (Fsp3) is 0.310. The standard InChI is InChI=1S/C29H29NO8/c1-3-11-36-21-9-7-18(15-23(21)34-4-2)26-25(28(32)29(33)30(26)17-20-6-5-12-35-20)27(31)19-8-10-22-24(16-19)38-14-13-37-22/h5-10,12,15-16,26,31H,3-4,11,13-14,17H2,1-2H3/t26-/m0/s1. The summed E-state index contributed by atoms with van der Waals surface area (Å²) in [7, 11) is 0. The molecule has 1 fully saturated rings. The molecule has 1 atom stereocenters. The Hall–Kier alpha value is -4.40. The molecule has 3 aromatic rings. The molecule has 0 aliphatic carbocycles. The van der Waals surface area contributed by atoms with Gasteiger partial charge >= 0.3 is 0 Å². The highest BCUT2D eigenvalue weighted by atomic mass is 16.6. The second kappa shape index (κ2) is 10.9. The van der Waals surface area contributed by atoms with Crippen molar-refractivity contribution in [2.45, 2.75) is 32.9 Å². The zero-order chi connectivity index (χ0) is 26.6. The van der Waals surface area contributed by atoms with E-state index < -0.39 is 17.7 Å². The van der Waals surface area contributed by atoms with E-state index in [1.165, 1.54) is 11.2 Å². The predicted molar refractivity (Wildman–Crippen MR) is 137 cm³/mol. The summed E-state index contributed by atoms with van der Waals surface area (Å²) in [6.45, 7) is 5.62. The van der Waals surface area contributed by atoms with Gasteiger partial charge in [-0.2, -0.15) is 0 Å². The normalized spacial score (nSPS) is 18.1. The molecule has 3 heterocycles. The molecule has 2 aromatic carbocycles. The summed E-state index contributed by atoms with van der Waals surface area (Å²) in [5.74, 6) is 0.715. The molecule has 5 rings (SSSR count). The van der Waals surface area contributed by atoms with E-state index in [4.69, 9.17) is 23.4 Å². The third-order valence-electron chi connectivity index (χ3n) is 6.31. The number of benzene rings is 2. The number of nitrogens with zero attached hydrogens (tertiary/aromatic N) is 1. The van der Waals surface area contributed by atoms with Crippen molar-refractivity contribution in [3.8, 4) is 23.0 Å². The Kier molecular flexibility index (Phi) is 7.26. The van der Waals surface area contributed by atoms with Crippen LogP contribution in [0.1, 0.15) is 43.2 Å². The number of aliphatic hydroxyl groups excluding tert-OH is 1. The number of carbonyl (C=O) groups excluding carboxylic acids is 2. The smallest absolute Gasteiger partial charge is 0.296 e. The minimum Gasteiger partial charge on any atom is -0.507 e. The Morgan fingerprint density at radius 1 is 1.00 bits per heavy atom. The highest BCUT2D eigenvalue weighted by Gasteiger charge is 2.46. The Morgan fingerprint density at radius 3 is 2.55 bits per heavy atom. The molecule has 0 saturated carbocycles. The first kappa shape index (κ1) is 25.3. The van der Waals surface area contributed by atoms with Gasteiger partial charge in [-0.25, -0.2) is 0 Å². The number of fused-ring (bicyclic) bond motifs is 1. The number of amides is 1. The van der Waals surface area contributed by atoms with Crippen molar-refractivity contribution in [2.24, 2.45) is 0 Å². The van der Waals surface area contributed by atoms with Gasteiger partial charge in [0.05, 0.1) is 37.6 Å². The number of hydrogen-bond donors (Lipinski definition) is 1. The topological polar surface area (TPSA) is 108 Å². The van der Waals surface area contributed by atoms with Crippen LogP contribution in [0.25, 0.3) is 5.76 Å². The average Bonchev–Trinajstić information content (AvgIpc) is 3.54. The van der Waals surface area contributed by atoms with Gasteiger partial charge in [0.25, 0.3) is 11.7 Å². The number of ether oxygens (including phenoxy) is 4. The van der Waals surface area contributed by atoms with E-state index in [1.54, 1.807) is 48.5 Å². The minimum absolute atomic E-state index is 0.0390. The molecular weight excluding hydrogens is 490 g/mol. The Labute approximate surface area is 220 Å². The van der Waals surface area contributed by atoms with Gasteiger partial charge in [0.15, 0.2) is 23.0 Å². The van der Waals surface area contributed by atoms with Gasteiger partial charge in [0.2, 0.25) is 0 Å². The first-order valence-corrected chi connectivity index (χ1v) is 12.6. The number of aliphatic hydroxyl groups is 1. The molecule has 9 heteroatoms. The van der Waals surface area contributed by atoms with Gasteiger partial charge < -0.3 is 33.4 Å². The van der Waals surface area contributed by atoms with Crippen LogP contribution >= 0.6 is 0 Å². The molecule has 2 aliphatic heterocycles. The van der Waals surface area contributed by atoms with E-state index in [2.05, 4.69) is 0 Å². The first-order chi connectivity index (χ1) is 18.5. The quantitative estimate of drug-likeness (QED) is 0.243. The van der Waals surface area contributed by atoms with Crippen LogP contribution in [-0.2, 0) is 16.1 Å². The monoisotopic (exact) mass is 519 g/mol. The summed E-state index contributed by atoms with van der Waals surface area (Å²) in [6, 6.07) is 12.7. The van der Waals surface area contributed by atoms with Crippen LogP contribution in [0.3, 0.4) is 0 Å². The van der Waals surface area contributed by atoms with E-state index >= 15 is 0 Å². The summed E-state index contributed by atoms with van der Waals surface area (Å²) in [5, 5.41) is 11.4. The van der Waals surface area contributed by atoms with Crippen LogP contribution < -0.4 is 18.9 Å². The maximum absolute atomic E-state index is 13.4. The van der Waals surface area contributed by atoms with Gasteiger partial charge in [-0.05, 0) is 61.4 Å².